The molecule has 0 saturated heterocycles. The number of aromatic nitrogens is 1. The van der Waals surface area contributed by atoms with Crippen molar-refractivity contribution in [2.75, 3.05) is 5.01 Å². The maximum absolute atomic E-state index is 13.4. The Morgan fingerprint density at radius 3 is 2.33 bits per heavy atom. The summed E-state index contributed by atoms with van der Waals surface area (Å²) in [6, 6.07) is 21.7. The average Bonchev–Trinajstić information content (AvgIpc) is 3.21. The van der Waals surface area contributed by atoms with E-state index in [0.29, 0.717) is 22.8 Å². The van der Waals surface area contributed by atoms with Crippen LogP contribution in [0.4, 0.5) is 5.69 Å². The number of nitrogens with zero attached hydrogens (tertiary/aromatic N) is 2. The van der Waals surface area contributed by atoms with Crippen molar-refractivity contribution in [1.29, 1.82) is 0 Å². The van der Waals surface area contributed by atoms with Crippen LogP contribution in [0.2, 0.25) is 5.02 Å². The molecular formula is C26H24ClN3O3. The summed E-state index contributed by atoms with van der Waals surface area (Å²) in [7, 11) is 0. The molecule has 0 aliphatic rings. The highest BCUT2D eigenvalue weighted by Crippen LogP contribution is 2.23. The highest BCUT2D eigenvalue weighted by atomic mass is 35.5. The van der Waals surface area contributed by atoms with E-state index in [2.05, 4.69) is 9.99 Å². The van der Waals surface area contributed by atoms with E-state index in [1.54, 1.807) is 17.1 Å². The monoisotopic (exact) mass is 461 g/mol. The van der Waals surface area contributed by atoms with Crippen LogP contribution in [0.5, 0.6) is 0 Å². The highest BCUT2D eigenvalue weighted by molar-refractivity contribution is 6.30. The van der Waals surface area contributed by atoms with Gasteiger partial charge in [-0.25, -0.2) is 4.79 Å². The number of hydrogen-bond acceptors (Lipinski definition) is 3. The molecule has 1 amide bonds. The zero-order chi connectivity index (χ0) is 23.5. The first kappa shape index (κ1) is 22.4. The Morgan fingerprint density at radius 2 is 1.70 bits per heavy atom. The lowest BCUT2D eigenvalue weighted by Crippen LogP contribution is -2.46. The first-order chi connectivity index (χ1) is 15.8. The molecule has 0 saturated carbocycles. The van der Waals surface area contributed by atoms with E-state index in [-0.39, 0.29) is 17.5 Å². The van der Waals surface area contributed by atoms with Gasteiger partial charge in [-0.1, -0.05) is 35.9 Å². The maximum Gasteiger partial charge on any atom is 0.335 e. The van der Waals surface area contributed by atoms with Crippen molar-refractivity contribution < 1.29 is 14.7 Å². The summed E-state index contributed by atoms with van der Waals surface area (Å²) in [5, 5.41) is 12.5. The third kappa shape index (κ3) is 4.86. The molecule has 6 nitrogen and oxygen atoms in total. The van der Waals surface area contributed by atoms with Gasteiger partial charge in [-0.2, -0.15) is 0 Å². The van der Waals surface area contributed by atoms with Crippen molar-refractivity contribution in [3.8, 4) is 0 Å². The lowest BCUT2D eigenvalue weighted by atomic mass is 10.1. The van der Waals surface area contributed by atoms with E-state index < -0.39 is 5.97 Å². The molecule has 0 atom stereocenters. The highest BCUT2D eigenvalue weighted by Gasteiger charge is 2.19. The average molecular weight is 462 g/mol. The SMILES string of the molecule is CC(C)N(NC(=O)c1cccc2ccn(Cc3ccc(Cl)cc3)c12)c1ccc(C(=O)O)cc1. The van der Waals surface area contributed by atoms with Gasteiger partial charge in [0.2, 0.25) is 0 Å². The van der Waals surface area contributed by atoms with Gasteiger partial charge >= 0.3 is 5.97 Å². The molecule has 168 valence electrons. The summed E-state index contributed by atoms with van der Waals surface area (Å²) in [6.07, 6.45) is 1.97. The van der Waals surface area contributed by atoms with Crippen LogP contribution < -0.4 is 10.4 Å². The zero-order valence-corrected chi connectivity index (χ0v) is 19.1. The van der Waals surface area contributed by atoms with Gasteiger partial charge in [-0.15, -0.1) is 0 Å². The number of amides is 1. The topological polar surface area (TPSA) is 74.6 Å². The van der Waals surface area contributed by atoms with Gasteiger partial charge in [0.25, 0.3) is 5.91 Å². The number of hydrogen-bond donors (Lipinski definition) is 2. The summed E-state index contributed by atoms with van der Waals surface area (Å²) in [4.78, 5) is 24.6. The summed E-state index contributed by atoms with van der Waals surface area (Å²) < 4.78 is 2.05. The number of carboxylic acid groups (broad SMARTS) is 1. The Labute approximate surface area is 197 Å². The van der Waals surface area contributed by atoms with E-state index in [1.807, 2.05) is 68.6 Å². The number of aromatic carboxylic acids is 1. The Bertz CT molecular complexity index is 1290. The summed E-state index contributed by atoms with van der Waals surface area (Å²) in [6.45, 7) is 4.51. The molecule has 4 rings (SSSR count). The minimum absolute atomic E-state index is 0.0512. The van der Waals surface area contributed by atoms with Crippen molar-refractivity contribution in [2.45, 2.75) is 26.4 Å². The van der Waals surface area contributed by atoms with Crippen molar-refractivity contribution in [3.05, 3.63) is 101 Å². The third-order valence-electron chi connectivity index (χ3n) is 5.43. The molecule has 0 fully saturated rings. The van der Waals surface area contributed by atoms with E-state index >= 15 is 0 Å². The second-order valence-electron chi connectivity index (χ2n) is 8.07. The van der Waals surface area contributed by atoms with E-state index in [9.17, 15) is 9.59 Å². The Kier molecular flexibility index (Phi) is 6.38. The van der Waals surface area contributed by atoms with Crippen LogP contribution in [-0.4, -0.2) is 27.6 Å². The second kappa shape index (κ2) is 9.38. The molecular weight excluding hydrogens is 438 g/mol. The van der Waals surface area contributed by atoms with Crippen molar-refractivity contribution in [2.24, 2.45) is 0 Å². The number of fused-ring (bicyclic) bond motifs is 1. The number of carboxylic acids is 1. The number of halogens is 1. The molecule has 0 aliphatic heterocycles. The Balaban J connectivity index is 1.64. The molecule has 1 heterocycles. The molecule has 33 heavy (non-hydrogen) atoms. The zero-order valence-electron chi connectivity index (χ0n) is 18.3. The van der Waals surface area contributed by atoms with Gasteiger partial charge in [0, 0.05) is 29.2 Å². The third-order valence-corrected chi connectivity index (χ3v) is 5.68. The second-order valence-corrected chi connectivity index (χ2v) is 8.51. The Hall–Kier alpha value is -3.77. The lowest BCUT2D eigenvalue weighted by Gasteiger charge is -2.29. The first-order valence-electron chi connectivity index (χ1n) is 10.6. The number of rotatable bonds is 7. The van der Waals surface area contributed by atoms with Gasteiger partial charge in [0.1, 0.15) is 0 Å². The molecule has 1 aromatic heterocycles. The van der Waals surface area contributed by atoms with Crippen LogP contribution in [0.25, 0.3) is 10.9 Å². The molecule has 0 radical (unpaired) electrons. The molecule has 0 spiro atoms. The summed E-state index contributed by atoms with van der Waals surface area (Å²) in [5.41, 5.74) is 6.36. The first-order valence-corrected chi connectivity index (χ1v) is 11.0. The number of hydrazine groups is 1. The minimum atomic E-state index is -0.991. The number of carbonyl (C=O) groups is 2. The predicted octanol–water partition coefficient (Wildman–Crippen LogP) is 5.60. The van der Waals surface area contributed by atoms with E-state index in [0.717, 1.165) is 16.5 Å². The molecule has 7 heteroatoms. The fourth-order valence-corrected chi connectivity index (χ4v) is 3.91. The summed E-state index contributed by atoms with van der Waals surface area (Å²) >= 11 is 6.01. The van der Waals surface area contributed by atoms with Gasteiger partial charge < -0.3 is 9.67 Å². The van der Waals surface area contributed by atoms with Gasteiger partial charge in [-0.05, 0) is 67.9 Å². The number of anilines is 1. The van der Waals surface area contributed by atoms with Gasteiger partial charge in [-0.3, -0.25) is 15.2 Å². The molecule has 0 bridgehead atoms. The van der Waals surface area contributed by atoms with Crippen molar-refractivity contribution >= 4 is 40.1 Å². The Morgan fingerprint density at radius 1 is 1.00 bits per heavy atom. The quantitative estimate of drug-likeness (QED) is 0.351. The fourth-order valence-electron chi connectivity index (χ4n) is 3.79. The van der Waals surface area contributed by atoms with Crippen molar-refractivity contribution in [3.63, 3.8) is 0 Å². The van der Waals surface area contributed by atoms with Gasteiger partial charge in [0.15, 0.2) is 0 Å². The van der Waals surface area contributed by atoms with Crippen LogP contribution in [0.3, 0.4) is 0 Å². The molecule has 0 unspecified atom stereocenters. The van der Waals surface area contributed by atoms with Crippen molar-refractivity contribution in [1.82, 2.24) is 9.99 Å². The number of nitrogens with one attached hydrogen (secondary N) is 1. The van der Waals surface area contributed by atoms with Gasteiger partial charge in [0.05, 0.1) is 22.3 Å². The number of carbonyl (C=O) groups excluding carboxylic acids is 1. The standard InChI is InChI=1S/C26H24ClN3O3/c1-17(2)30(22-12-8-20(9-13-22)26(32)33)28-25(31)23-5-3-4-19-14-15-29(24(19)23)16-18-6-10-21(27)11-7-18/h3-15,17H,16H2,1-2H3,(H,28,31)(H,32,33). The number of para-hydroxylation sites is 1. The van der Waals surface area contributed by atoms with Crippen LogP contribution in [0.1, 0.15) is 40.1 Å². The molecule has 4 aromatic rings. The van der Waals surface area contributed by atoms with Crippen LogP contribution in [0, 0.1) is 0 Å². The fraction of sp³-hybridized carbons (Fsp3) is 0.154. The van der Waals surface area contributed by atoms with Crippen LogP contribution in [0.15, 0.2) is 79.0 Å². The van der Waals surface area contributed by atoms with Crippen LogP contribution in [-0.2, 0) is 6.54 Å². The minimum Gasteiger partial charge on any atom is -0.478 e. The van der Waals surface area contributed by atoms with Crippen LogP contribution >= 0.6 is 11.6 Å². The van der Waals surface area contributed by atoms with E-state index in [1.165, 1.54) is 12.1 Å². The normalized spacial score (nSPS) is 11.0. The largest absolute Gasteiger partial charge is 0.478 e. The smallest absolute Gasteiger partial charge is 0.335 e. The van der Waals surface area contributed by atoms with E-state index in [4.69, 9.17) is 16.7 Å². The summed E-state index contributed by atoms with van der Waals surface area (Å²) in [5.74, 6) is -1.23. The predicted molar refractivity (Wildman–Crippen MR) is 131 cm³/mol. The molecule has 2 N–H and O–H groups in total. The lowest BCUT2D eigenvalue weighted by molar-refractivity contribution is 0.0696. The maximum atomic E-state index is 13.4. The molecule has 3 aromatic carbocycles. The number of benzene rings is 3. The molecule has 0 aliphatic carbocycles.